The van der Waals surface area contributed by atoms with E-state index in [0.29, 0.717) is 18.8 Å². The van der Waals surface area contributed by atoms with Crippen molar-refractivity contribution in [2.24, 2.45) is 5.41 Å². The van der Waals surface area contributed by atoms with Crippen LogP contribution in [0, 0.1) is 5.41 Å². The molecule has 0 saturated carbocycles. The average molecular weight is 342 g/mol. The molecular weight excluding hydrogens is 320 g/mol. The number of hydrogen-bond donors (Lipinski definition) is 1. The third-order valence-corrected chi connectivity index (χ3v) is 5.37. The summed E-state index contributed by atoms with van der Waals surface area (Å²) in [5.41, 5.74) is 2.58. The highest BCUT2D eigenvalue weighted by Gasteiger charge is 2.42. The predicted octanol–water partition coefficient (Wildman–Crippen LogP) is 1.27. The maximum atomic E-state index is 11.8. The molecule has 2 aliphatic heterocycles. The van der Waals surface area contributed by atoms with E-state index < -0.39 is 0 Å². The molecule has 2 amide bonds. The largest absolute Gasteiger partial charge is 0.368 e. The fourth-order valence-electron chi connectivity index (χ4n) is 3.91. The second kappa shape index (κ2) is 5.79. The van der Waals surface area contributed by atoms with E-state index in [4.69, 9.17) is 0 Å². The van der Waals surface area contributed by atoms with Crippen LogP contribution < -0.4 is 10.2 Å². The Morgan fingerprint density at radius 2 is 1.84 bits per heavy atom. The van der Waals surface area contributed by atoms with Crippen LogP contribution in [0.3, 0.4) is 0 Å². The summed E-state index contributed by atoms with van der Waals surface area (Å²) in [6.07, 6.45) is 4.17. The molecule has 2 aliphatic rings. The fraction of sp³-hybridized carbons (Fsp3) is 0.588. The van der Waals surface area contributed by atoms with E-state index in [1.54, 1.807) is 10.8 Å². The van der Waals surface area contributed by atoms with Crippen molar-refractivity contribution >= 4 is 23.1 Å². The van der Waals surface area contributed by atoms with Crippen LogP contribution >= 0.6 is 0 Å². The Balaban J connectivity index is 1.60. The fourth-order valence-corrected chi connectivity index (χ4v) is 3.91. The first-order valence-corrected chi connectivity index (χ1v) is 8.74. The number of piperidine rings is 2. The smallest absolute Gasteiger partial charge is 0.227 e. The predicted molar refractivity (Wildman–Crippen MR) is 91.1 cm³/mol. The summed E-state index contributed by atoms with van der Waals surface area (Å²) < 4.78 is 1.73. The Bertz CT molecular complexity index is 817. The molecule has 8 nitrogen and oxygen atoms in total. The van der Waals surface area contributed by atoms with Crippen LogP contribution in [0.5, 0.6) is 0 Å². The number of aromatic nitrogens is 4. The topological polar surface area (TPSA) is 92.5 Å². The number of anilines is 1. The molecule has 0 aliphatic carbocycles. The van der Waals surface area contributed by atoms with Gasteiger partial charge in [-0.25, -0.2) is 0 Å². The van der Waals surface area contributed by atoms with Gasteiger partial charge in [-0.1, -0.05) is 13.8 Å². The maximum Gasteiger partial charge on any atom is 0.227 e. The molecule has 2 saturated heterocycles. The van der Waals surface area contributed by atoms with Crippen LogP contribution in [-0.4, -0.2) is 44.7 Å². The van der Waals surface area contributed by atoms with Gasteiger partial charge in [-0.15, -0.1) is 10.2 Å². The summed E-state index contributed by atoms with van der Waals surface area (Å²) >= 11 is 0. The Morgan fingerprint density at radius 3 is 2.48 bits per heavy atom. The van der Waals surface area contributed by atoms with Gasteiger partial charge in [0.1, 0.15) is 6.33 Å². The number of nitrogens with zero attached hydrogens (tertiary/aromatic N) is 5. The van der Waals surface area contributed by atoms with Gasteiger partial charge in [0.25, 0.3) is 0 Å². The highest BCUT2D eigenvalue weighted by atomic mass is 16.2. The van der Waals surface area contributed by atoms with E-state index in [2.05, 4.69) is 45.4 Å². The summed E-state index contributed by atoms with van der Waals surface area (Å²) in [5, 5.41) is 15.2. The molecule has 4 heterocycles. The van der Waals surface area contributed by atoms with Crippen LogP contribution in [0.2, 0.25) is 0 Å². The van der Waals surface area contributed by atoms with E-state index in [0.717, 1.165) is 43.0 Å². The number of imide groups is 1. The second-order valence-electron chi connectivity index (χ2n) is 7.52. The zero-order valence-electron chi connectivity index (χ0n) is 14.5. The van der Waals surface area contributed by atoms with Crippen molar-refractivity contribution in [3.05, 3.63) is 18.1 Å². The molecule has 1 N–H and O–H groups in total. The summed E-state index contributed by atoms with van der Waals surface area (Å²) in [6.45, 7) is 5.81. The monoisotopic (exact) mass is 342 g/mol. The van der Waals surface area contributed by atoms with E-state index in [1.807, 2.05) is 0 Å². The molecule has 0 radical (unpaired) electrons. The van der Waals surface area contributed by atoms with Crippen molar-refractivity contribution in [1.82, 2.24) is 25.1 Å². The minimum absolute atomic E-state index is 0.143. The van der Waals surface area contributed by atoms with E-state index in [9.17, 15) is 9.59 Å². The van der Waals surface area contributed by atoms with Gasteiger partial charge in [-0.3, -0.25) is 14.9 Å². The van der Waals surface area contributed by atoms with Crippen LogP contribution in [-0.2, 0) is 9.59 Å². The quantitative estimate of drug-likeness (QED) is 0.826. The molecule has 0 aromatic carbocycles. The third kappa shape index (κ3) is 2.85. The molecular formula is C17H22N6O2. The molecule has 8 heteroatoms. The normalized spacial score (nSPS) is 20.5. The standard InChI is InChI=1S/C17H22N6O2/c1-11(2)12-7-13(16-20-18-10-23(16)21-12)22-5-3-17(4-6-22)8-14(24)19-15(25)9-17/h7,10-11H,3-6,8-9H2,1-2H3,(H,19,24,25). The number of carbonyl (C=O) groups is 2. The van der Waals surface area contributed by atoms with Crippen molar-refractivity contribution in [3.63, 3.8) is 0 Å². The highest BCUT2D eigenvalue weighted by molar-refractivity contribution is 5.98. The van der Waals surface area contributed by atoms with Crippen LogP contribution in [0.15, 0.2) is 12.4 Å². The van der Waals surface area contributed by atoms with E-state index in [1.165, 1.54) is 0 Å². The average Bonchev–Trinajstić information content (AvgIpc) is 3.02. The molecule has 0 bridgehead atoms. The summed E-state index contributed by atoms with van der Waals surface area (Å²) in [7, 11) is 0. The van der Waals surface area contributed by atoms with Crippen LogP contribution in [0.4, 0.5) is 5.69 Å². The van der Waals surface area contributed by atoms with Gasteiger partial charge in [0, 0.05) is 25.9 Å². The molecule has 2 aromatic rings. The number of fused-ring (bicyclic) bond motifs is 1. The van der Waals surface area contributed by atoms with Crippen molar-refractivity contribution in [2.45, 2.75) is 45.4 Å². The van der Waals surface area contributed by atoms with Gasteiger partial charge in [0.05, 0.1) is 11.4 Å². The van der Waals surface area contributed by atoms with Gasteiger partial charge in [0.2, 0.25) is 17.5 Å². The van der Waals surface area contributed by atoms with E-state index in [-0.39, 0.29) is 17.2 Å². The number of carbonyl (C=O) groups excluding carboxylic acids is 2. The zero-order chi connectivity index (χ0) is 17.6. The summed E-state index contributed by atoms with van der Waals surface area (Å²) in [4.78, 5) is 25.8. The van der Waals surface area contributed by atoms with Gasteiger partial charge >= 0.3 is 0 Å². The minimum atomic E-state index is -0.187. The lowest BCUT2D eigenvalue weighted by molar-refractivity contribution is -0.138. The second-order valence-corrected chi connectivity index (χ2v) is 7.52. The van der Waals surface area contributed by atoms with Crippen molar-refractivity contribution in [2.75, 3.05) is 18.0 Å². The Kier molecular flexibility index (Phi) is 3.70. The van der Waals surface area contributed by atoms with Gasteiger partial charge in [-0.05, 0) is 30.2 Å². The zero-order valence-corrected chi connectivity index (χ0v) is 14.5. The number of amides is 2. The number of hydrogen-bond acceptors (Lipinski definition) is 6. The molecule has 132 valence electrons. The number of nitrogens with one attached hydrogen (secondary N) is 1. The maximum absolute atomic E-state index is 11.8. The van der Waals surface area contributed by atoms with Gasteiger partial charge < -0.3 is 4.90 Å². The molecule has 0 atom stereocenters. The Hall–Kier alpha value is -2.51. The Labute approximate surface area is 145 Å². The lowest BCUT2D eigenvalue weighted by atomic mass is 9.71. The molecule has 1 spiro atoms. The van der Waals surface area contributed by atoms with E-state index >= 15 is 0 Å². The lowest BCUT2D eigenvalue weighted by Gasteiger charge is -2.43. The molecule has 2 fully saturated rings. The van der Waals surface area contributed by atoms with Crippen LogP contribution in [0.25, 0.3) is 5.65 Å². The molecule has 25 heavy (non-hydrogen) atoms. The van der Waals surface area contributed by atoms with Gasteiger partial charge in [0.15, 0.2) is 0 Å². The minimum Gasteiger partial charge on any atom is -0.368 e. The first kappa shape index (κ1) is 16.0. The highest BCUT2D eigenvalue weighted by Crippen LogP contribution is 2.41. The number of rotatable bonds is 2. The van der Waals surface area contributed by atoms with Crippen molar-refractivity contribution < 1.29 is 9.59 Å². The molecule has 2 aromatic heterocycles. The molecule has 0 unspecified atom stereocenters. The third-order valence-electron chi connectivity index (χ3n) is 5.37. The van der Waals surface area contributed by atoms with Crippen molar-refractivity contribution in [1.29, 1.82) is 0 Å². The first-order valence-electron chi connectivity index (χ1n) is 8.74. The first-order chi connectivity index (χ1) is 12.0. The SMILES string of the molecule is CC(C)c1cc(N2CCC3(CC2)CC(=O)NC(=O)C3)c2nncn2n1. The van der Waals surface area contributed by atoms with Gasteiger partial charge in [-0.2, -0.15) is 9.61 Å². The van der Waals surface area contributed by atoms with Crippen LogP contribution in [0.1, 0.15) is 51.1 Å². The summed E-state index contributed by atoms with van der Waals surface area (Å²) in [6, 6.07) is 2.09. The Morgan fingerprint density at radius 1 is 1.16 bits per heavy atom. The lowest BCUT2D eigenvalue weighted by Crippen LogP contribution is -2.50. The summed E-state index contributed by atoms with van der Waals surface area (Å²) in [5.74, 6) is 0.0208. The van der Waals surface area contributed by atoms with Crippen molar-refractivity contribution in [3.8, 4) is 0 Å². The molecule has 4 rings (SSSR count).